The molecule has 0 unspecified atom stereocenters. The van der Waals surface area contributed by atoms with Gasteiger partial charge < -0.3 is 15.0 Å². The van der Waals surface area contributed by atoms with E-state index in [1.54, 1.807) is 18.2 Å². The van der Waals surface area contributed by atoms with Crippen molar-refractivity contribution in [1.82, 2.24) is 25.6 Å². The number of ether oxygens (including phenoxy) is 1. The molecule has 33 heavy (non-hydrogen) atoms. The number of hydrogen-bond donors (Lipinski definition) is 2. The zero-order valence-electron chi connectivity index (χ0n) is 18.4. The molecule has 170 valence electrons. The van der Waals surface area contributed by atoms with E-state index in [0.29, 0.717) is 48.6 Å². The summed E-state index contributed by atoms with van der Waals surface area (Å²) in [5.74, 6) is 0.505. The molecule has 0 atom stereocenters. The van der Waals surface area contributed by atoms with E-state index in [1.165, 1.54) is 0 Å². The van der Waals surface area contributed by atoms with Crippen molar-refractivity contribution in [3.05, 3.63) is 65.7 Å². The van der Waals surface area contributed by atoms with Gasteiger partial charge in [-0.15, -0.1) is 0 Å². The SMILES string of the molecule is O=C1NCC2(C/C=C/CCOc3ccccc31)CCN(C(=O)c1ccc3n[nH]nc3c1)CC2. The highest BCUT2D eigenvalue weighted by Gasteiger charge is 2.36. The van der Waals surface area contributed by atoms with E-state index in [0.717, 1.165) is 31.2 Å². The lowest BCUT2D eigenvalue weighted by molar-refractivity contribution is 0.0566. The van der Waals surface area contributed by atoms with Gasteiger partial charge in [-0.2, -0.15) is 15.4 Å². The van der Waals surface area contributed by atoms with Gasteiger partial charge in [-0.25, -0.2) is 0 Å². The summed E-state index contributed by atoms with van der Waals surface area (Å²) in [6, 6.07) is 12.8. The maximum atomic E-state index is 13.1. The number of piperidine rings is 1. The number of para-hydroxylation sites is 1. The number of carbonyl (C=O) groups excluding carboxylic acids is 2. The number of H-pyrrole nitrogens is 1. The van der Waals surface area contributed by atoms with Crippen molar-refractivity contribution in [2.75, 3.05) is 26.2 Å². The summed E-state index contributed by atoms with van der Waals surface area (Å²) >= 11 is 0. The van der Waals surface area contributed by atoms with Crippen molar-refractivity contribution < 1.29 is 14.3 Å². The molecule has 0 saturated carbocycles. The number of rotatable bonds is 1. The third-order valence-electron chi connectivity index (χ3n) is 6.69. The lowest BCUT2D eigenvalue weighted by Gasteiger charge is -2.41. The zero-order valence-corrected chi connectivity index (χ0v) is 18.4. The standard InChI is InChI=1S/C25H27N5O3/c31-23-19-6-2-3-7-22(19)33-15-5-1-4-10-25(17-26-23)11-13-30(14-12-25)24(32)18-8-9-20-21(16-18)28-29-27-20/h1-4,6-9,16H,5,10-15,17H2,(H,26,31)(H,27,28,29)/b4-1+. The molecule has 8 nitrogen and oxygen atoms in total. The first-order valence-electron chi connectivity index (χ1n) is 11.4. The molecule has 2 N–H and O–H groups in total. The van der Waals surface area contributed by atoms with Crippen LogP contribution in [0, 0.1) is 5.41 Å². The third-order valence-corrected chi connectivity index (χ3v) is 6.69. The van der Waals surface area contributed by atoms with Crippen LogP contribution >= 0.6 is 0 Å². The fourth-order valence-corrected chi connectivity index (χ4v) is 4.62. The summed E-state index contributed by atoms with van der Waals surface area (Å²) in [5, 5.41) is 13.9. The Morgan fingerprint density at radius 2 is 1.85 bits per heavy atom. The lowest BCUT2D eigenvalue weighted by Crippen LogP contribution is -2.47. The molecule has 8 heteroatoms. The number of aromatic amines is 1. The Kier molecular flexibility index (Phi) is 5.81. The molecular formula is C25H27N5O3. The van der Waals surface area contributed by atoms with E-state index in [2.05, 4.69) is 32.9 Å². The number of nitrogens with zero attached hydrogens (tertiary/aromatic N) is 3. The van der Waals surface area contributed by atoms with Crippen LogP contribution in [0.2, 0.25) is 0 Å². The maximum absolute atomic E-state index is 13.1. The van der Waals surface area contributed by atoms with Gasteiger partial charge in [-0.1, -0.05) is 24.3 Å². The topological polar surface area (TPSA) is 100 Å². The van der Waals surface area contributed by atoms with Gasteiger partial charge in [-0.05, 0) is 61.4 Å². The molecule has 1 fully saturated rings. The van der Waals surface area contributed by atoms with Crippen LogP contribution in [0.4, 0.5) is 0 Å². The van der Waals surface area contributed by atoms with Crippen LogP contribution in [-0.2, 0) is 0 Å². The quantitative estimate of drug-likeness (QED) is 0.560. The lowest BCUT2D eigenvalue weighted by atomic mass is 9.75. The van der Waals surface area contributed by atoms with E-state index in [1.807, 2.05) is 29.2 Å². The Morgan fingerprint density at radius 1 is 1.03 bits per heavy atom. The summed E-state index contributed by atoms with van der Waals surface area (Å²) < 4.78 is 5.81. The minimum atomic E-state index is -0.117. The largest absolute Gasteiger partial charge is 0.492 e. The predicted octanol–water partition coefficient (Wildman–Crippen LogP) is 3.34. The van der Waals surface area contributed by atoms with Gasteiger partial charge in [0, 0.05) is 25.2 Å². The summed E-state index contributed by atoms with van der Waals surface area (Å²) in [6.07, 6.45) is 7.65. The third kappa shape index (κ3) is 4.46. The molecule has 3 heterocycles. The number of fused-ring (bicyclic) bond motifs is 2. The average Bonchev–Trinajstić information content (AvgIpc) is 3.32. The Morgan fingerprint density at radius 3 is 2.73 bits per heavy atom. The second-order valence-corrected chi connectivity index (χ2v) is 8.81. The monoisotopic (exact) mass is 445 g/mol. The number of amides is 2. The molecule has 2 aliphatic heterocycles. The van der Waals surface area contributed by atoms with Crippen molar-refractivity contribution in [3.8, 4) is 5.75 Å². The summed E-state index contributed by atoms with van der Waals surface area (Å²) in [6.45, 7) is 2.40. The zero-order chi connectivity index (χ0) is 22.7. The van der Waals surface area contributed by atoms with Gasteiger partial charge in [0.2, 0.25) is 0 Å². The summed E-state index contributed by atoms with van der Waals surface area (Å²) in [7, 11) is 0. The second kappa shape index (κ2) is 9.05. The molecule has 1 saturated heterocycles. The minimum absolute atomic E-state index is 0.00792. The van der Waals surface area contributed by atoms with Gasteiger partial charge in [0.1, 0.15) is 16.8 Å². The van der Waals surface area contributed by atoms with Crippen molar-refractivity contribution in [1.29, 1.82) is 0 Å². The van der Waals surface area contributed by atoms with Crippen LogP contribution in [0.5, 0.6) is 5.75 Å². The van der Waals surface area contributed by atoms with E-state index < -0.39 is 0 Å². The van der Waals surface area contributed by atoms with Crippen molar-refractivity contribution in [2.45, 2.75) is 25.7 Å². The van der Waals surface area contributed by atoms with Crippen molar-refractivity contribution >= 4 is 22.8 Å². The molecule has 5 rings (SSSR count). The first-order valence-corrected chi connectivity index (χ1v) is 11.4. The van der Waals surface area contributed by atoms with E-state index in [9.17, 15) is 9.59 Å². The second-order valence-electron chi connectivity index (χ2n) is 8.81. The van der Waals surface area contributed by atoms with Crippen LogP contribution in [0.3, 0.4) is 0 Å². The normalized spacial score (nSPS) is 19.6. The average molecular weight is 446 g/mol. The first kappa shape index (κ1) is 21.2. The number of likely N-dealkylation sites (tertiary alicyclic amines) is 1. The molecule has 2 aliphatic rings. The van der Waals surface area contributed by atoms with E-state index in [-0.39, 0.29) is 17.2 Å². The molecule has 2 aromatic carbocycles. The van der Waals surface area contributed by atoms with Crippen molar-refractivity contribution in [2.24, 2.45) is 5.41 Å². The fourth-order valence-electron chi connectivity index (χ4n) is 4.62. The minimum Gasteiger partial charge on any atom is -0.492 e. The number of benzene rings is 2. The highest BCUT2D eigenvalue weighted by atomic mass is 16.5. The van der Waals surface area contributed by atoms with Crippen LogP contribution < -0.4 is 10.1 Å². The highest BCUT2D eigenvalue weighted by Crippen LogP contribution is 2.36. The van der Waals surface area contributed by atoms with Gasteiger partial charge in [0.25, 0.3) is 11.8 Å². The van der Waals surface area contributed by atoms with Gasteiger partial charge in [-0.3, -0.25) is 9.59 Å². The fraction of sp³-hybridized carbons (Fsp3) is 0.360. The molecule has 0 radical (unpaired) electrons. The van der Waals surface area contributed by atoms with Gasteiger partial charge in [0.05, 0.1) is 12.2 Å². The molecule has 1 aromatic heterocycles. The molecule has 1 spiro atoms. The van der Waals surface area contributed by atoms with Crippen LogP contribution in [0.25, 0.3) is 11.0 Å². The number of allylic oxidation sites excluding steroid dienone is 1. The Hall–Kier alpha value is -3.68. The van der Waals surface area contributed by atoms with Gasteiger partial charge in [0.15, 0.2) is 0 Å². The summed E-state index contributed by atoms with van der Waals surface area (Å²) in [4.78, 5) is 27.9. The highest BCUT2D eigenvalue weighted by molar-refractivity contribution is 5.97. The summed E-state index contributed by atoms with van der Waals surface area (Å²) in [5.41, 5.74) is 2.54. The number of carbonyl (C=O) groups is 2. The molecule has 0 aliphatic carbocycles. The molecule has 3 aromatic rings. The number of hydrogen-bond acceptors (Lipinski definition) is 5. The number of aromatic nitrogens is 3. The Bertz CT molecular complexity index is 1190. The Labute approximate surface area is 192 Å². The van der Waals surface area contributed by atoms with Gasteiger partial charge >= 0.3 is 0 Å². The number of nitrogens with one attached hydrogen (secondary N) is 2. The van der Waals surface area contributed by atoms with Crippen LogP contribution in [0.1, 0.15) is 46.4 Å². The van der Waals surface area contributed by atoms with E-state index in [4.69, 9.17) is 4.74 Å². The smallest absolute Gasteiger partial charge is 0.255 e. The van der Waals surface area contributed by atoms with E-state index >= 15 is 0 Å². The Balaban J connectivity index is 1.29. The molecule has 2 amide bonds. The molecule has 0 bridgehead atoms. The first-order chi connectivity index (χ1) is 16.1. The molecular weight excluding hydrogens is 418 g/mol. The van der Waals surface area contributed by atoms with Crippen molar-refractivity contribution in [3.63, 3.8) is 0 Å². The maximum Gasteiger partial charge on any atom is 0.255 e. The van der Waals surface area contributed by atoms with Crippen LogP contribution in [0.15, 0.2) is 54.6 Å². The van der Waals surface area contributed by atoms with Crippen LogP contribution in [-0.4, -0.2) is 58.4 Å². The predicted molar refractivity (Wildman–Crippen MR) is 124 cm³/mol.